The number of sulfonamides is 1. The van der Waals surface area contributed by atoms with Crippen LogP contribution in [0, 0.1) is 12.3 Å². The van der Waals surface area contributed by atoms with Crippen molar-refractivity contribution in [3.8, 4) is 12.3 Å². The summed E-state index contributed by atoms with van der Waals surface area (Å²) < 4.78 is 34.3. The largest absolute Gasteiger partial charge is 0.463 e. The molecule has 1 N–H and O–H groups in total. The van der Waals surface area contributed by atoms with Gasteiger partial charge in [0.1, 0.15) is 10.9 Å². The molecule has 2 fully saturated rings. The number of rotatable bonds is 2. The van der Waals surface area contributed by atoms with E-state index in [0.717, 1.165) is 22.1 Å². The summed E-state index contributed by atoms with van der Waals surface area (Å²) >= 11 is 1.21. The van der Waals surface area contributed by atoms with Gasteiger partial charge in [-0.2, -0.15) is 4.31 Å². The Morgan fingerprint density at radius 2 is 2.03 bits per heavy atom. The monoisotopic (exact) mass is 459 g/mol. The van der Waals surface area contributed by atoms with E-state index >= 15 is 0 Å². The third-order valence-corrected chi connectivity index (χ3v) is 9.13. The van der Waals surface area contributed by atoms with Gasteiger partial charge in [-0.15, -0.1) is 22.9 Å². The number of hydrogen-bond donors (Lipinski definition) is 1. The van der Waals surface area contributed by atoms with Gasteiger partial charge in [0.2, 0.25) is 5.90 Å². The van der Waals surface area contributed by atoms with E-state index in [4.69, 9.17) is 11.2 Å². The third-order valence-electron chi connectivity index (χ3n) is 5.68. The standard InChI is InChI=1S/C20H21N5O4S2/c1-2-14-3-4-15-12-18(30-17(15)11-14)31(27,28)24-9-7-23(8-10-24)20(26)25-6-5-16-19(22-25)29-13-21-16/h1,3-4,11-12,16,21H,5-10,13H2. The molecule has 1 unspecified atom stereocenters. The predicted octanol–water partition coefficient (Wildman–Crippen LogP) is 1.27. The number of carbonyl (C=O) groups is 1. The number of amides is 2. The Bertz CT molecular complexity index is 1210. The van der Waals surface area contributed by atoms with Crippen molar-refractivity contribution in [1.29, 1.82) is 0 Å². The molecule has 3 aliphatic heterocycles. The summed E-state index contributed by atoms with van der Waals surface area (Å²) in [5, 5.41) is 9.73. The van der Waals surface area contributed by atoms with Crippen molar-refractivity contribution < 1.29 is 17.9 Å². The molecule has 0 radical (unpaired) electrons. The van der Waals surface area contributed by atoms with Crippen molar-refractivity contribution in [3.63, 3.8) is 0 Å². The normalized spacial score (nSPS) is 22.0. The van der Waals surface area contributed by atoms with E-state index < -0.39 is 10.0 Å². The van der Waals surface area contributed by atoms with Gasteiger partial charge in [0, 0.05) is 43.0 Å². The van der Waals surface area contributed by atoms with Crippen molar-refractivity contribution >= 4 is 43.4 Å². The Balaban J connectivity index is 1.27. The molecule has 0 bridgehead atoms. The topological polar surface area (TPSA) is 94.6 Å². The van der Waals surface area contributed by atoms with Crippen LogP contribution in [0.5, 0.6) is 0 Å². The number of ether oxygens (including phenoxy) is 1. The Morgan fingerprint density at radius 3 is 2.81 bits per heavy atom. The first kappa shape index (κ1) is 20.3. The molecule has 0 aliphatic carbocycles. The number of nitrogens with zero attached hydrogens (tertiary/aromatic N) is 4. The summed E-state index contributed by atoms with van der Waals surface area (Å²) in [5.41, 5.74) is 0.719. The highest BCUT2D eigenvalue weighted by molar-refractivity contribution is 7.91. The number of hydrazone groups is 1. The quantitative estimate of drug-likeness (QED) is 0.683. The molecule has 0 spiro atoms. The zero-order chi connectivity index (χ0) is 21.6. The summed E-state index contributed by atoms with van der Waals surface area (Å²) in [6.07, 6.45) is 6.18. The summed E-state index contributed by atoms with van der Waals surface area (Å²) in [6.45, 7) is 2.02. The van der Waals surface area contributed by atoms with Gasteiger partial charge in [-0.1, -0.05) is 12.0 Å². The van der Waals surface area contributed by atoms with Crippen LogP contribution in [-0.2, 0) is 14.8 Å². The zero-order valence-electron chi connectivity index (χ0n) is 16.7. The average molecular weight is 460 g/mol. The van der Waals surface area contributed by atoms with Crippen LogP contribution >= 0.6 is 11.3 Å². The number of terminal acetylenes is 1. The predicted molar refractivity (Wildman–Crippen MR) is 117 cm³/mol. The van der Waals surface area contributed by atoms with Crippen LogP contribution in [0.25, 0.3) is 10.1 Å². The molecular formula is C20H21N5O4S2. The van der Waals surface area contributed by atoms with Crippen molar-refractivity contribution in [2.75, 3.05) is 39.5 Å². The number of thiophene rings is 1. The van der Waals surface area contributed by atoms with Crippen molar-refractivity contribution in [1.82, 2.24) is 19.5 Å². The van der Waals surface area contributed by atoms with E-state index in [9.17, 15) is 13.2 Å². The molecule has 5 rings (SSSR count). The molecule has 2 amide bonds. The lowest BCUT2D eigenvalue weighted by Crippen LogP contribution is -2.54. The molecule has 11 heteroatoms. The van der Waals surface area contributed by atoms with Gasteiger partial charge >= 0.3 is 6.03 Å². The minimum Gasteiger partial charge on any atom is -0.463 e. The zero-order valence-corrected chi connectivity index (χ0v) is 18.3. The summed E-state index contributed by atoms with van der Waals surface area (Å²) in [6, 6.07) is 7.00. The van der Waals surface area contributed by atoms with Crippen LogP contribution in [-0.4, -0.2) is 80.1 Å². The number of fused-ring (bicyclic) bond motifs is 2. The molecule has 3 aliphatic rings. The van der Waals surface area contributed by atoms with E-state index in [2.05, 4.69) is 16.3 Å². The van der Waals surface area contributed by atoms with Crippen LogP contribution in [0.4, 0.5) is 4.79 Å². The molecule has 9 nitrogen and oxygen atoms in total. The second-order valence-electron chi connectivity index (χ2n) is 7.53. The van der Waals surface area contributed by atoms with E-state index in [1.807, 2.05) is 12.1 Å². The number of benzene rings is 1. The lowest BCUT2D eigenvalue weighted by molar-refractivity contribution is 0.131. The number of piperazine rings is 1. The minimum atomic E-state index is -3.64. The van der Waals surface area contributed by atoms with Crippen molar-refractivity contribution in [2.24, 2.45) is 5.10 Å². The SMILES string of the molecule is C#Cc1ccc2cc(S(=O)(=O)N3CCN(C(=O)N4CCC5NCOC5=N4)CC3)sc2c1. The highest BCUT2D eigenvalue weighted by atomic mass is 32.2. The smallest absolute Gasteiger partial charge is 0.340 e. The van der Waals surface area contributed by atoms with Crippen LogP contribution in [0.3, 0.4) is 0 Å². The Morgan fingerprint density at radius 1 is 1.23 bits per heavy atom. The van der Waals surface area contributed by atoms with Gasteiger partial charge in [0.15, 0.2) is 0 Å². The fraction of sp³-hybridized carbons (Fsp3) is 0.400. The van der Waals surface area contributed by atoms with E-state index in [1.54, 1.807) is 17.0 Å². The molecule has 1 aromatic heterocycles. The first-order chi connectivity index (χ1) is 15.0. The second-order valence-corrected chi connectivity index (χ2v) is 10.8. The van der Waals surface area contributed by atoms with Gasteiger partial charge in [-0.05, 0) is 30.0 Å². The average Bonchev–Trinajstić information content (AvgIpc) is 3.44. The maximum Gasteiger partial charge on any atom is 0.340 e. The molecule has 0 saturated carbocycles. The van der Waals surface area contributed by atoms with E-state index in [-0.39, 0.29) is 29.4 Å². The number of hydrogen-bond acceptors (Lipinski definition) is 7. The first-order valence-corrected chi connectivity index (χ1v) is 12.2. The molecule has 1 aromatic carbocycles. The minimum absolute atomic E-state index is 0.0732. The molecular weight excluding hydrogens is 438 g/mol. The number of nitrogens with one attached hydrogen (secondary N) is 1. The van der Waals surface area contributed by atoms with Crippen LogP contribution in [0.1, 0.15) is 12.0 Å². The maximum atomic E-state index is 13.2. The van der Waals surface area contributed by atoms with Gasteiger partial charge in [-0.25, -0.2) is 18.2 Å². The summed E-state index contributed by atoms with van der Waals surface area (Å²) in [4.78, 5) is 14.5. The van der Waals surface area contributed by atoms with Crippen molar-refractivity contribution in [2.45, 2.75) is 16.7 Å². The fourth-order valence-electron chi connectivity index (χ4n) is 3.92. The molecule has 4 heterocycles. The lowest BCUT2D eigenvalue weighted by atomic mass is 10.2. The van der Waals surface area contributed by atoms with Crippen LogP contribution in [0.2, 0.25) is 0 Å². The number of carbonyl (C=O) groups excluding carboxylic acids is 1. The second kappa shape index (κ2) is 7.80. The number of urea groups is 1. The molecule has 162 valence electrons. The first-order valence-electron chi connectivity index (χ1n) is 9.97. The summed E-state index contributed by atoms with van der Waals surface area (Å²) in [7, 11) is -3.64. The highest BCUT2D eigenvalue weighted by Gasteiger charge is 2.36. The summed E-state index contributed by atoms with van der Waals surface area (Å²) in [5.74, 6) is 3.11. The van der Waals surface area contributed by atoms with E-state index in [1.165, 1.54) is 20.7 Å². The van der Waals surface area contributed by atoms with Gasteiger partial charge in [0.05, 0.1) is 6.04 Å². The third kappa shape index (κ3) is 3.65. The van der Waals surface area contributed by atoms with Crippen LogP contribution < -0.4 is 5.32 Å². The van der Waals surface area contributed by atoms with E-state index in [0.29, 0.717) is 32.3 Å². The fourth-order valence-corrected chi connectivity index (χ4v) is 6.94. The highest BCUT2D eigenvalue weighted by Crippen LogP contribution is 2.32. The lowest BCUT2D eigenvalue weighted by Gasteiger charge is -2.36. The molecule has 1 atom stereocenters. The van der Waals surface area contributed by atoms with Gasteiger partial charge in [0.25, 0.3) is 10.0 Å². The van der Waals surface area contributed by atoms with Crippen molar-refractivity contribution in [3.05, 3.63) is 29.8 Å². The van der Waals surface area contributed by atoms with Gasteiger partial charge < -0.3 is 9.64 Å². The van der Waals surface area contributed by atoms with Gasteiger partial charge in [-0.3, -0.25) is 5.32 Å². The Labute approximate surface area is 184 Å². The molecule has 31 heavy (non-hydrogen) atoms. The molecule has 2 saturated heterocycles. The van der Waals surface area contributed by atoms with Crippen LogP contribution in [0.15, 0.2) is 33.6 Å². The maximum absolute atomic E-state index is 13.2. The molecule has 2 aromatic rings. The Kier molecular flexibility index (Phi) is 5.10. The Hall–Kier alpha value is -2.65.